The van der Waals surface area contributed by atoms with Gasteiger partial charge in [-0.3, -0.25) is 4.79 Å². The summed E-state index contributed by atoms with van der Waals surface area (Å²) in [6.45, 7) is 1.08. The van der Waals surface area contributed by atoms with Crippen molar-refractivity contribution in [2.24, 2.45) is 5.73 Å². The number of anilines is 1. The van der Waals surface area contributed by atoms with Gasteiger partial charge in [-0.2, -0.15) is 0 Å². The lowest BCUT2D eigenvalue weighted by atomic mass is 10.1. The van der Waals surface area contributed by atoms with E-state index in [0.29, 0.717) is 30.5 Å². The fourth-order valence-corrected chi connectivity index (χ4v) is 2.26. The molecule has 5 nitrogen and oxygen atoms in total. The number of carbonyl (C=O) groups is 1. The number of halogens is 2. The predicted molar refractivity (Wildman–Crippen MR) is 81.1 cm³/mol. The van der Waals surface area contributed by atoms with Crippen LogP contribution in [0.2, 0.25) is 0 Å². The predicted octanol–water partition coefficient (Wildman–Crippen LogP) is 1.63. The van der Waals surface area contributed by atoms with E-state index in [0.717, 1.165) is 5.56 Å². The van der Waals surface area contributed by atoms with Crippen LogP contribution in [0.25, 0.3) is 0 Å². The van der Waals surface area contributed by atoms with Gasteiger partial charge in [0.1, 0.15) is 11.8 Å². The molecule has 0 bridgehead atoms. The third-order valence-corrected chi connectivity index (χ3v) is 3.20. The standard InChI is InChI=1S/C13H18Cl2N2O3/c14-3-5-17(6-4-15)11-8-9(1-2-12(11)18)7-10(16)13(19)20/h1-2,8,10,18H,3-7,16H2,(H,19,20). The molecule has 0 aliphatic rings. The van der Waals surface area contributed by atoms with E-state index >= 15 is 0 Å². The minimum absolute atomic E-state index is 0.105. The number of benzene rings is 1. The number of hydrogen-bond donors (Lipinski definition) is 3. The molecule has 1 atom stereocenters. The van der Waals surface area contributed by atoms with Gasteiger partial charge in [0, 0.05) is 24.8 Å². The first kappa shape index (κ1) is 16.9. The number of nitrogens with two attached hydrogens (primary N) is 1. The average molecular weight is 321 g/mol. The Kier molecular flexibility index (Phi) is 6.91. The molecule has 0 aliphatic heterocycles. The van der Waals surface area contributed by atoms with Crippen molar-refractivity contribution in [3.8, 4) is 5.75 Å². The first-order chi connectivity index (χ1) is 9.49. The quantitative estimate of drug-likeness (QED) is 0.634. The van der Waals surface area contributed by atoms with Gasteiger partial charge in [-0.1, -0.05) is 6.07 Å². The van der Waals surface area contributed by atoms with Gasteiger partial charge >= 0.3 is 5.97 Å². The third kappa shape index (κ3) is 4.74. The highest BCUT2D eigenvalue weighted by molar-refractivity contribution is 6.18. The normalized spacial score (nSPS) is 12.2. The van der Waals surface area contributed by atoms with Crippen LogP contribution in [0.1, 0.15) is 5.56 Å². The number of phenolic OH excluding ortho intramolecular Hbond substituents is 1. The Morgan fingerprint density at radius 1 is 1.30 bits per heavy atom. The molecule has 0 amide bonds. The second-order valence-electron chi connectivity index (χ2n) is 4.34. The maximum Gasteiger partial charge on any atom is 0.320 e. The molecular weight excluding hydrogens is 303 g/mol. The average Bonchev–Trinajstić information content (AvgIpc) is 2.40. The first-order valence-electron chi connectivity index (χ1n) is 6.16. The molecule has 1 aromatic carbocycles. The lowest BCUT2D eigenvalue weighted by molar-refractivity contribution is -0.138. The molecule has 0 fully saturated rings. The van der Waals surface area contributed by atoms with Crippen LogP contribution < -0.4 is 10.6 Å². The fourth-order valence-electron chi connectivity index (χ4n) is 1.85. The summed E-state index contributed by atoms with van der Waals surface area (Å²) >= 11 is 11.5. The summed E-state index contributed by atoms with van der Waals surface area (Å²) in [5.74, 6) is -0.157. The second kappa shape index (κ2) is 8.19. The Bertz CT molecular complexity index is 451. The Morgan fingerprint density at radius 3 is 2.40 bits per heavy atom. The first-order valence-corrected chi connectivity index (χ1v) is 7.23. The van der Waals surface area contributed by atoms with E-state index in [1.54, 1.807) is 12.1 Å². The van der Waals surface area contributed by atoms with E-state index in [9.17, 15) is 9.90 Å². The van der Waals surface area contributed by atoms with Crippen molar-refractivity contribution in [1.82, 2.24) is 0 Å². The summed E-state index contributed by atoms with van der Waals surface area (Å²) in [7, 11) is 0. The van der Waals surface area contributed by atoms with Crippen LogP contribution in [0.15, 0.2) is 18.2 Å². The van der Waals surface area contributed by atoms with Crippen molar-refractivity contribution in [2.45, 2.75) is 12.5 Å². The van der Waals surface area contributed by atoms with Crippen LogP contribution in [0.4, 0.5) is 5.69 Å². The number of rotatable bonds is 8. The van der Waals surface area contributed by atoms with Crippen molar-refractivity contribution in [3.05, 3.63) is 23.8 Å². The number of phenols is 1. The SMILES string of the molecule is NC(Cc1ccc(O)c(N(CCCl)CCCl)c1)C(=O)O. The second-order valence-corrected chi connectivity index (χ2v) is 5.09. The van der Waals surface area contributed by atoms with Crippen LogP contribution >= 0.6 is 23.2 Å². The summed E-state index contributed by atoms with van der Waals surface area (Å²) in [6.07, 6.45) is 0.193. The molecule has 1 aromatic rings. The monoisotopic (exact) mass is 320 g/mol. The van der Waals surface area contributed by atoms with Crippen LogP contribution in [-0.4, -0.2) is 47.1 Å². The third-order valence-electron chi connectivity index (χ3n) is 2.86. The van der Waals surface area contributed by atoms with Crippen molar-refractivity contribution < 1.29 is 15.0 Å². The lowest BCUT2D eigenvalue weighted by Crippen LogP contribution is -2.32. The molecule has 0 radical (unpaired) electrons. The molecule has 112 valence electrons. The smallest absolute Gasteiger partial charge is 0.320 e. The summed E-state index contributed by atoms with van der Waals surface area (Å²) in [4.78, 5) is 12.6. The van der Waals surface area contributed by atoms with E-state index < -0.39 is 12.0 Å². The van der Waals surface area contributed by atoms with E-state index in [1.807, 2.05) is 4.90 Å². The summed E-state index contributed by atoms with van der Waals surface area (Å²) in [5.41, 5.74) is 6.83. The Balaban J connectivity index is 2.97. The Labute approximate surface area is 127 Å². The van der Waals surface area contributed by atoms with E-state index in [-0.39, 0.29) is 12.2 Å². The molecule has 0 aromatic heterocycles. The van der Waals surface area contributed by atoms with Gasteiger partial charge in [-0.05, 0) is 24.1 Å². The molecule has 0 aliphatic carbocycles. The number of aromatic hydroxyl groups is 1. The van der Waals surface area contributed by atoms with E-state index in [1.165, 1.54) is 6.07 Å². The molecule has 4 N–H and O–H groups in total. The van der Waals surface area contributed by atoms with Gasteiger partial charge in [0.05, 0.1) is 5.69 Å². The molecule has 1 rings (SSSR count). The molecule has 0 heterocycles. The van der Waals surface area contributed by atoms with Crippen molar-refractivity contribution in [1.29, 1.82) is 0 Å². The molecule has 0 spiro atoms. The number of alkyl halides is 2. The zero-order chi connectivity index (χ0) is 15.1. The summed E-state index contributed by atoms with van der Waals surface area (Å²) in [5, 5.41) is 18.8. The van der Waals surface area contributed by atoms with Crippen molar-refractivity contribution in [2.75, 3.05) is 29.7 Å². The van der Waals surface area contributed by atoms with E-state index in [4.69, 9.17) is 34.0 Å². The number of nitrogens with zero attached hydrogens (tertiary/aromatic N) is 1. The van der Waals surface area contributed by atoms with Crippen molar-refractivity contribution in [3.63, 3.8) is 0 Å². The fraction of sp³-hybridized carbons (Fsp3) is 0.462. The van der Waals surface area contributed by atoms with Gasteiger partial charge in [0.25, 0.3) is 0 Å². The van der Waals surface area contributed by atoms with Gasteiger partial charge < -0.3 is 20.8 Å². The Hall–Kier alpha value is -1.17. The van der Waals surface area contributed by atoms with Crippen LogP contribution in [0.3, 0.4) is 0 Å². The van der Waals surface area contributed by atoms with Crippen LogP contribution in [0.5, 0.6) is 5.75 Å². The van der Waals surface area contributed by atoms with Crippen molar-refractivity contribution >= 4 is 34.9 Å². The number of carboxylic acids is 1. The summed E-state index contributed by atoms with van der Waals surface area (Å²) < 4.78 is 0. The maximum absolute atomic E-state index is 10.8. The lowest BCUT2D eigenvalue weighted by Gasteiger charge is -2.24. The zero-order valence-corrected chi connectivity index (χ0v) is 12.4. The minimum atomic E-state index is -1.06. The maximum atomic E-state index is 10.8. The molecule has 1 unspecified atom stereocenters. The Morgan fingerprint density at radius 2 is 1.90 bits per heavy atom. The molecule has 7 heteroatoms. The van der Waals surface area contributed by atoms with Gasteiger partial charge in [0.15, 0.2) is 0 Å². The summed E-state index contributed by atoms with van der Waals surface area (Å²) in [6, 6.07) is 3.93. The van der Waals surface area contributed by atoms with Gasteiger partial charge in [0.2, 0.25) is 0 Å². The largest absolute Gasteiger partial charge is 0.506 e. The topological polar surface area (TPSA) is 86.8 Å². The van der Waals surface area contributed by atoms with Gasteiger partial charge in [-0.25, -0.2) is 0 Å². The zero-order valence-electron chi connectivity index (χ0n) is 10.9. The van der Waals surface area contributed by atoms with Gasteiger partial charge in [-0.15, -0.1) is 23.2 Å². The van der Waals surface area contributed by atoms with Crippen LogP contribution in [-0.2, 0) is 11.2 Å². The molecular formula is C13H18Cl2N2O3. The van der Waals surface area contributed by atoms with E-state index in [2.05, 4.69) is 0 Å². The minimum Gasteiger partial charge on any atom is -0.506 e. The highest BCUT2D eigenvalue weighted by atomic mass is 35.5. The number of aliphatic carboxylic acids is 1. The van der Waals surface area contributed by atoms with Crippen LogP contribution in [0, 0.1) is 0 Å². The molecule has 0 saturated carbocycles. The highest BCUT2D eigenvalue weighted by Gasteiger charge is 2.15. The number of carboxylic acid groups (broad SMARTS) is 1. The molecule has 0 saturated heterocycles. The highest BCUT2D eigenvalue weighted by Crippen LogP contribution is 2.28. The molecule has 20 heavy (non-hydrogen) atoms. The number of hydrogen-bond acceptors (Lipinski definition) is 4.